The van der Waals surface area contributed by atoms with Crippen LogP contribution in [0.3, 0.4) is 0 Å². The number of nitrogens with zero attached hydrogens (tertiary/aromatic N) is 1. The Morgan fingerprint density at radius 1 is 0.587 bits per heavy atom. The fourth-order valence-electron chi connectivity index (χ4n) is 6.61. The third-order valence-electron chi connectivity index (χ3n) is 10.6. The van der Waals surface area contributed by atoms with E-state index in [1.807, 2.05) is 57.6 Å². The molecule has 1 unspecified atom stereocenters. The third-order valence-corrected chi connectivity index (χ3v) is 11.6. The first-order valence-electron chi connectivity index (χ1n) is 25.1. The van der Waals surface area contributed by atoms with Gasteiger partial charge in [0.15, 0.2) is 6.10 Å². The fraction of sp³-hybridized carbons (Fsp3) is 0.769. The van der Waals surface area contributed by atoms with Gasteiger partial charge in [-0.25, -0.2) is 0 Å². The van der Waals surface area contributed by atoms with Crippen LogP contribution in [0, 0.1) is 0 Å². The predicted molar refractivity (Wildman–Crippen MR) is 260 cm³/mol. The zero-order valence-corrected chi connectivity index (χ0v) is 41.8. The number of phosphoric acid groups is 1. The third kappa shape index (κ3) is 47.5. The molecule has 0 aliphatic rings. The second kappa shape index (κ2) is 43.6. The van der Waals surface area contributed by atoms with Crippen LogP contribution in [0.15, 0.2) is 60.8 Å². The lowest BCUT2D eigenvalue weighted by molar-refractivity contribution is -0.870. The summed E-state index contributed by atoms with van der Waals surface area (Å²) in [6.45, 7) is 4.05. The highest BCUT2D eigenvalue weighted by molar-refractivity contribution is 7.45. The quantitative estimate of drug-likeness (QED) is 0.0158. The largest absolute Gasteiger partial charge is 0.756 e. The van der Waals surface area contributed by atoms with E-state index in [1.54, 1.807) is 6.08 Å². The maximum absolute atomic E-state index is 12.7. The number of quaternary nitrogens is 1. The van der Waals surface area contributed by atoms with Crippen LogP contribution in [0.2, 0.25) is 0 Å². The van der Waals surface area contributed by atoms with Crippen LogP contribution >= 0.6 is 7.82 Å². The molecule has 0 aromatic rings. The molecular formula is C52H94NO9P. The molecule has 0 saturated heterocycles. The molecule has 0 aliphatic heterocycles. The van der Waals surface area contributed by atoms with Crippen molar-refractivity contribution in [3.63, 3.8) is 0 Å². The molecule has 0 saturated carbocycles. The lowest BCUT2D eigenvalue weighted by Gasteiger charge is -2.28. The molecule has 0 aromatic heterocycles. The Morgan fingerprint density at radius 2 is 1.08 bits per heavy atom. The second-order valence-electron chi connectivity index (χ2n) is 18.0. The van der Waals surface area contributed by atoms with Crippen molar-refractivity contribution in [1.82, 2.24) is 0 Å². The molecule has 1 N–H and O–H groups in total. The minimum absolute atomic E-state index is 0.0511. The number of unbranched alkanes of at least 4 members (excludes halogenated alkanes) is 21. The molecule has 0 radical (unpaired) electrons. The Bertz CT molecular complexity index is 1270. The molecule has 0 rings (SSSR count). The molecule has 0 fully saturated rings. The van der Waals surface area contributed by atoms with Gasteiger partial charge in [0.05, 0.1) is 33.9 Å². The SMILES string of the molecule is CCCCC/C=C\C[C@@H](O)/C=C/C=C\C/C=C\CCCC(=O)OC[C@H](COP(=O)([O-])OCC[N+](C)(C)C)OC(=O)CCCCCCCCCCCCC/C=C\CCCCCCCC. The van der Waals surface area contributed by atoms with Gasteiger partial charge < -0.3 is 33.0 Å². The maximum atomic E-state index is 12.7. The number of hydrogen-bond acceptors (Lipinski definition) is 9. The Labute approximate surface area is 386 Å². The lowest BCUT2D eigenvalue weighted by Crippen LogP contribution is -2.37. The van der Waals surface area contributed by atoms with Crippen molar-refractivity contribution >= 4 is 19.8 Å². The van der Waals surface area contributed by atoms with Crippen molar-refractivity contribution in [2.75, 3.05) is 47.5 Å². The van der Waals surface area contributed by atoms with E-state index < -0.39 is 38.6 Å². The van der Waals surface area contributed by atoms with E-state index in [-0.39, 0.29) is 26.1 Å². The van der Waals surface area contributed by atoms with Gasteiger partial charge in [-0.2, -0.15) is 0 Å². The van der Waals surface area contributed by atoms with E-state index in [4.69, 9.17) is 18.5 Å². The molecule has 0 bridgehead atoms. The van der Waals surface area contributed by atoms with Gasteiger partial charge in [-0.05, 0) is 70.6 Å². The smallest absolute Gasteiger partial charge is 0.306 e. The topological polar surface area (TPSA) is 131 Å². The first kappa shape index (κ1) is 60.7. The number of esters is 2. The Hall–Kier alpha value is -2.33. The lowest BCUT2D eigenvalue weighted by atomic mass is 10.0. The number of likely N-dealkylation sites (N-methyl/N-ethyl adjacent to an activating group) is 1. The van der Waals surface area contributed by atoms with E-state index in [9.17, 15) is 24.2 Å². The average Bonchev–Trinajstić information content (AvgIpc) is 3.23. The van der Waals surface area contributed by atoms with Gasteiger partial charge in [0.1, 0.15) is 19.8 Å². The van der Waals surface area contributed by atoms with Crippen LogP contribution in [0.5, 0.6) is 0 Å². The molecule has 0 amide bonds. The van der Waals surface area contributed by atoms with Crippen molar-refractivity contribution < 1.29 is 47.2 Å². The number of phosphoric ester groups is 1. The summed E-state index contributed by atoms with van der Waals surface area (Å²) in [7, 11) is 1.10. The van der Waals surface area contributed by atoms with E-state index in [0.29, 0.717) is 36.7 Å². The number of carbonyl (C=O) groups is 2. The summed E-state index contributed by atoms with van der Waals surface area (Å²) in [5.74, 6) is -0.939. The number of rotatable bonds is 45. The van der Waals surface area contributed by atoms with Gasteiger partial charge >= 0.3 is 11.9 Å². The highest BCUT2D eigenvalue weighted by atomic mass is 31.2. The Balaban J connectivity index is 4.39. The van der Waals surface area contributed by atoms with Gasteiger partial charge in [-0.1, -0.05) is 177 Å². The summed E-state index contributed by atoms with van der Waals surface area (Å²) in [5, 5.41) is 10.1. The van der Waals surface area contributed by atoms with Crippen molar-refractivity contribution in [2.45, 2.75) is 212 Å². The number of aliphatic hydroxyl groups excluding tert-OH is 1. The summed E-state index contributed by atoms with van der Waals surface area (Å²) >= 11 is 0. The standard InChI is InChI=1S/C52H94NO9P/c1-6-8-10-12-14-15-16-17-18-19-20-21-22-23-24-25-26-27-32-36-40-44-52(56)62-50(48-61-63(57,58)60-46-45-53(3,4)5)47-59-51(55)43-39-35-31-29-28-30-34-38-42-49(54)41-37-33-13-11-9-7-2/h17-18,29-31,33-34,37-38,42,49-50,54H,6-16,19-28,32,35-36,39-41,43-48H2,1-5H3/b18-17-,31-29-,34-30-,37-33-,42-38+/t49-,50-/m1/s1. The Kier molecular flexibility index (Phi) is 41.9. The Morgan fingerprint density at radius 3 is 1.68 bits per heavy atom. The minimum Gasteiger partial charge on any atom is -0.756 e. The molecule has 63 heavy (non-hydrogen) atoms. The molecule has 0 heterocycles. The van der Waals surface area contributed by atoms with Crippen molar-refractivity contribution in [3.05, 3.63) is 60.8 Å². The van der Waals surface area contributed by atoms with Gasteiger partial charge in [0.25, 0.3) is 7.82 Å². The molecular weight excluding hydrogens is 814 g/mol. The summed E-state index contributed by atoms with van der Waals surface area (Å²) in [6, 6.07) is 0. The van der Waals surface area contributed by atoms with Crippen LogP contribution in [0.1, 0.15) is 200 Å². The van der Waals surface area contributed by atoms with Gasteiger partial charge in [0.2, 0.25) is 0 Å². The summed E-state index contributed by atoms with van der Waals surface area (Å²) in [6.07, 6.45) is 50.0. The van der Waals surface area contributed by atoms with E-state index in [1.165, 1.54) is 116 Å². The summed E-state index contributed by atoms with van der Waals surface area (Å²) in [4.78, 5) is 37.7. The number of allylic oxidation sites excluding steroid dienone is 8. The molecule has 11 heteroatoms. The molecule has 10 nitrogen and oxygen atoms in total. The second-order valence-corrected chi connectivity index (χ2v) is 19.4. The molecule has 0 aliphatic carbocycles. The van der Waals surface area contributed by atoms with E-state index >= 15 is 0 Å². The molecule has 0 aromatic carbocycles. The van der Waals surface area contributed by atoms with Gasteiger partial charge in [0, 0.05) is 12.8 Å². The normalized spacial score (nSPS) is 14.5. The molecule has 366 valence electrons. The first-order valence-corrected chi connectivity index (χ1v) is 26.6. The van der Waals surface area contributed by atoms with Crippen LogP contribution in [0.4, 0.5) is 0 Å². The van der Waals surface area contributed by atoms with E-state index in [0.717, 1.165) is 32.1 Å². The zero-order chi connectivity index (χ0) is 46.5. The number of carbonyl (C=O) groups excluding carboxylic acids is 2. The monoisotopic (exact) mass is 908 g/mol. The van der Waals surface area contributed by atoms with Crippen LogP contribution in [0.25, 0.3) is 0 Å². The van der Waals surface area contributed by atoms with Crippen molar-refractivity contribution in [1.29, 1.82) is 0 Å². The van der Waals surface area contributed by atoms with Crippen molar-refractivity contribution in [2.24, 2.45) is 0 Å². The maximum Gasteiger partial charge on any atom is 0.306 e. The average molecular weight is 908 g/mol. The number of aliphatic hydroxyl groups is 1. The van der Waals surface area contributed by atoms with Gasteiger partial charge in [-0.3, -0.25) is 14.2 Å². The van der Waals surface area contributed by atoms with Crippen LogP contribution in [-0.2, 0) is 32.7 Å². The van der Waals surface area contributed by atoms with Crippen LogP contribution < -0.4 is 4.89 Å². The highest BCUT2D eigenvalue weighted by Gasteiger charge is 2.21. The van der Waals surface area contributed by atoms with Crippen LogP contribution in [-0.4, -0.2) is 81.2 Å². The fourth-order valence-corrected chi connectivity index (χ4v) is 7.34. The zero-order valence-electron chi connectivity index (χ0n) is 40.9. The summed E-state index contributed by atoms with van der Waals surface area (Å²) < 4.78 is 33.9. The first-order chi connectivity index (χ1) is 30.4. The van der Waals surface area contributed by atoms with Gasteiger partial charge in [-0.15, -0.1) is 0 Å². The molecule has 0 spiro atoms. The minimum atomic E-state index is -4.66. The summed E-state index contributed by atoms with van der Waals surface area (Å²) in [5.41, 5.74) is 0. The number of ether oxygens (including phenoxy) is 2. The number of hydrogen-bond donors (Lipinski definition) is 1. The highest BCUT2D eigenvalue weighted by Crippen LogP contribution is 2.38. The van der Waals surface area contributed by atoms with Crippen molar-refractivity contribution in [3.8, 4) is 0 Å². The molecule has 3 atom stereocenters. The van der Waals surface area contributed by atoms with E-state index in [2.05, 4.69) is 32.1 Å². The predicted octanol–water partition coefficient (Wildman–Crippen LogP) is 13.1.